The minimum atomic E-state index is -0.804. The number of hydrogen-bond acceptors (Lipinski definition) is 6. The van der Waals surface area contributed by atoms with Gasteiger partial charge in [-0.25, -0.2) is 0 Å². The number of hydrogen-bond donors (Lipinski definition) is 0. The summed E-state index contributed by atoms with van der Waals surface area (Å²) < 4.78 is 16.8. The third-order valence-corrected chi connectivity index (χ3v) is 11.9. The lowest BCUT2D eigenvalue weighted by atomic mass is 10.0. The largest absolute Gasteiger partial charge is 0.462 e. The Morgan fingerprint density at radius 2 is 0.647 bits per heavy atom. The highest BCUT2D eigenvalue weighted by Crippen LogP contribution is 2.16. The molecule has 68 heavy (non-hydrogen) atoms. The number of rotatable bonds is 50. The van der Waals surface area contributed by atoms with Crippen molar-refractivity contribution in [2.75, 3.05) is 13.2 Å². The van der Waals surface area contributed by atoms with E-state index in [0.717, 1.165) is 116 Å². The molecule has 0 aromatic heterocycles. The maximum Gasteiger partial charge on any atom is 0.306 e. The maximum atomic E-state index is 12.8. The summed E-state index contributed by atoms with van der Waals surface area (Å²) in [5.74, 6) is -0.949. The molecule has 0 aliphatic heterocycles. The summed E-state index contributed by atoms with van der Waals surface area (Å²) >= 11 is 0. The standard InChI is InChI=1S/C62H104O6/c1-4-7-10-13-16-19-22-25-28-30-31-32-35-37-40-43-46-49-52-55-61(64)67-58-59(57-66-60(63)54-51-48-45-42-39-36-33-27-24-21-18-15-12-9-6-3)68-62(65)56-53-50-47-44-41-38-34-29-26-23-20-17-14-11-8-5-2/h8-9,11-12,15,17-18,20-21,24,26-27,29,33,38,41,59H,4-7,10,13-14,16,19,22-23,25,28,30-32,34-37,39-40,42-58H2,1-3H3/b11-8-,12-9-,18-15-,20-17-,24-21-,29-26-,33-27-,41-38-. The molecule has 0 aromatic carbocycles. The molecule has 0 N–H and O–H groups in total. The van der Waals surface area contributed by atoms with Crippen molar-refractivity contribution < 1.29 is 28.6 Å². The van der Waals surface area contributed by atoms with Crippen LogP contribution in [0.3, 0.4) is 0 Å². The Bertz CT molecular complexity index is 1360. The van der Waals surface area contributed by atoms with Gasteiger partial charge in [-0.05, 0) is 77.0 Å². The summed E-state index contributed by atoms with van der Waals surface area (Å²) in [4.78, 5) is 38.1. The smallest absolute Gasteiger partial charge is 0.306 e. The average molecular weight is 946 g/mol. The van der Waals surface area contributed by atoms with E-state index in [2.05, 4.69) is 99.8 Å². The second kappa shape index (κ2) is 55.9. The van der Waals surface area contributed by atoms with Crippen LogP contribution in [0.1, 0.15) is 258 Å². The molecule has 0 amide bonds. The van der Waals surface area contributed by atoms with E-state index in [1.54, 1.807) is 0 Å². The molecule has 0 aliphatic carbocycles. The molecule has 0 rings (SSSR count). The van der Waals surface area contributed by atoms with E-state index in [0.29, 0.717) is 12.8 Å². The van der Waals surface area contributed by atoms with Gasteiger partial charge < -0.3 is 14.2 Å². The van der Waals surface area contributed by atoms with Crippen molar-refractivity contribution >= 4 is 17.9 Å². The number of carbonyl (C=O) groups is 3. The van der Waals surface area contributed by atoms with Crippen LogP contribution in [0.2, 0.25) is 0 Å². The first kappa shape index (κ1) is 64.3. The summed E-state index contributed by atoms with van der Waals surface area (Å²) in [7, 11) is 0. The van der Waals surface area contributed by atoms with Crippen LogP contribution in [0.4, 0.5) is 0 Å². The molecule has 0 bridgehead atoms. The van der Waals surface area contributed by atoms with E-state index in [9.17, 15) is 14.4 Å². The van der Waals surface area contributed by atoms with E-state index in [-0.39, 0.29) is 37.5 Å². The fourth-order valence-electron chi connectivity index (χ4n) is 7.74. The summed E-state index contributed by atoms with van der Waals surface area (Å²) in [6.07, 6.45) is 74.0. The Labute approximate surface area is 419 Å². The van der Waals surface area contributed by atoms with Gasteiger partial charge >= 0.3 is 17.9 Å². The molecule has 6 nitrogen and oxygen atoms in total. The number of esters is 3. The van der Waals surface area contributed by atoms with Gasteiger partial charge in [0.2, 0.25) is 0 Å². The van der Waals surface area contributed by atoms with Gasteiger partial charge in [-0.2, -0.15) is 0 Å². The average Bonchev–Trinajstić information content (AvgIpc) is 3.34. The van der Waals surface area contributed by atoms with Crippen molar-refractivity contribution in [1.82, 2.24) is 0 Å². The molecular weight excluding hydrogens is 841 g/mol. The molecule has 0 radical (unpaired) electrons. The van der Waals surface area contributed by atoms with Crippen molar-refractivity contribution in [1.29, 1.82) is 0 Å². The zero-order valence-electron chi connectivity index (χ0n) is 44.3. The Morgan fingerprint density at radius 1 is 0.324 bits per heavy atom. The lowest BCUT2D eigenvalue weighted by molar-refractivity contribution is -0.167. The van der Waals surface area contributed by atoms with E-state index in [1.165, 1.54) is 103 Å². The van der Waals surface area contributed by atoms with Crippen LogP contribution < -0.4 is 0 Å². The van der Waals surface area contributed by atoms with Crippen molar-refractivity contribution in [2.24, 2.45) is 0 Å². The Morgan fingerprint density at radius 3 is 1.09 bits per heavy atom. The van der Waals surface area contributed by atoms with Gasteiger partial charge in [0.25, 0.3) is 0 Å². The Hall–Kier alpha value is -3.67. The molecule has 0 spiro atoms. The molecule has 0 heterocycles. The molecule has 6 heteroatoms. The highest BCUT2D eigenvalue weighted by atomic mass is 16.6. The molecule has 0 aliphatic rings. The summed E-state index contributed by atoms with van der Waals surface area (Å²) in [6, 6.07) is 0. The van der Waals surface area contributed by atoms with E-state index < -0.39 is 6.10 Å². The zero-order chi connectivity index (χ0) is 49.3. The lowest BCUT2D eigenvalue weighted by Crippen LogP contribution is -2.30. The van der Waals surface area contributed by atoms with Crippen LogP contribution in [0.25, 0.3) is 0 Å². The van der Waals surface area contributed by atoms with Crippen molar-refractivity contribution in [3.05, 3.63) is 97.2 Å². The first-order valence-electron chi connectivity index (χ1n) is 28.3. The molecule has 0 saturated carbocycles. The predicted octanol–water partition coefficient (Wildman–Crippen LogP) is 18.9. The molecule has 0 fully saturated rings. The van der Waals surface area contributed by atoms with Crippen LogP contribution in [0, 0.1) is 0 Å². The number of allylic oxidation sites excluding steroid dienone is 16. The fourth-order valence-corrected chi connectivity index (χ4v) is 7.74. The van der Waals surface area contributed by atoms with Gasteiger partial charge in [0.05, 0.1) is 0 Å². The van der Waals surface area contributed by atoms with Gasteiger partial charge in [-0.15, -0.1) is 0 Å². The summed E-state index contributed by atoms with van der Waals surface area (Å²) in [5, 5.41) is 0. The fraction of sp³-hybridized carbons (Fsp3) is 0.694. The molecule has 388 valence electrons. The SMILES string of the molecule is CC\C=C/C=C\C=C/C=C\CCCCCCCC(=O)OCC(COC(=O)CCCCCCCCCCCCCCCCCCCCC)OC(=O)CCCCC/C=C\C/C=C\C/C=C\C/C=C\CC. The van der Waals surface area contributed by atoms with Crippen LogP contribution in [-0.2, 0) is 28.6 Å². The van der Waals surface area contributed by atoms with E-state index in [4.69, 9.17) is 14.2 Å². The van der Waals surface area contributed by atoms with Crippen molar-refractivity contribution in [3.8, 4) is 0 Å². The normalized spacial score (nSPS) is 12.8. The molecule has 1 unspecified atom stereocenters. The zero-order valence-corrected chi connectivity index (χ0v) is 44.3. The second-order valence-electron chi connectivity index (χ2n) is 18.5. The van der Waals surface area contributed by atoms with Crippen LogP contribution >= 0.6 is 0 Å². The molecule has 0 saturated heterocycles. The van der Waals surface area contributed by atoms with Gasteiger partial charge in [0.1, 0.15) is 13.2 Å². The summed E-state index contributed by atoms with van der Waals surface area (Å²) in [6.45, 7) is 6.36. The van der Waals surface area contributed by atoms with Crippen LogP contribution in [0.5, 0.6) is 0 Å². The van der Waals surface area contributed by atoms with Crippen molar-refractivity contribution in [3.63, 3.8) is 0 Å². The summed E-state index contributed by atoms with van der Waals surface area (Å²) in [5.41, 5.74) is 0. The predicted molar refractivity (Wildman–Crippen MR) is 293 cm³/mol. The van der Waals surface area contributed by atoms with Gasteiger partial charge in [-0.3, -0.25) is 14.4 Å². The van der Waals surface area contributed by atoms with Gasteiger partial charge in [0.15, 0.2) is 6.10 Å². The minimum absolute atomic E-state index is 0.0972. The van der Waals surface area contributed by atoms with Crippen LogP contribution in [0.15, 0.2) is 97.2 Å². The Balaban J connectivity index is 4.44. The third-order valence-electron chi connectivity index (χ3n) is 11.9. The van der Waals surface area contributed by atoms with E-state index in [1.807, 2.05) is 18.2 Å². The molecule has 1 atom stereocenters. The van der Waals surface area contributed by atoms with Crippen LogP contribution in [-0.4, -0.2) is 37.2 Å². The maximum absolute atomic E-state index is 12.8. The molecule has 0 aromatic rings. The third kappa shape index (κ3) is 53.3. The highest BCUT2D eigenvalue weighted by molar-refractivity contribution is 5.71. The monoisotopic (exact) mass is 945 g/mol. The van der Waals surface area contributed by atoms with Gasteiger partial charge in [-0.1, -0.05) is 259 Å². The number of carbonyl (C=O) groups excluding carboxylic acids is 3. The molecular formula is C62H104O6. The number of unbranched alkanes of at least 4 members (excludes halogenated alkanes) is 26. The lowest BCUT2D eigenvalue weighted by Gasteiger charge is -2.18. The Kier molecular flexibility index (Phi) is 52.9. The number of ether oxygens (including phenoxy) is 3. The second-order valence-corrected chi connectivity index (χ2v) is 18.5. The highest BCUT2D eigenvalue weighted by Gasteiger charge is 2.19. The first-order chi connectivity index (χ1) is 33.5. The minimum Gasteiger partial charge on any atom is -0.462 e. The topological polar surface area (TPSA) is 78.9 Å². The first-order valence-corrected chi connectivity index (χ1v) is 28.3. The quantitative estimate of drug-likeness (QED) is 0.0199. The van der Waals surface area contributed by atoms with Crippen molar-refractivity contribution in [2.45, 2.75) is 264 Å². The van der Waals surface area contributed by atoms with Gasteiger partial charge in [0, 0.05) is 19.3 Å². The van der Waals surface area contributed by atoms with E-state index >= 15 is 0 Å².